The topological polar surface area (TPSA) is 65.2 Å². The zero-order valence-electron chi connectivity index (χ0n) is 10.5. The average molecular weight is 262 g/mol. The Bertz CT molecular complexity index is 605. The van der Waals surface area contributed by atoms with Gasteiger partial charge >= 0.3 is 0 Å². The molecule has 0 bridgehead atoms. The third kappa shape index (κ3) is 2.22. The van der Waals surface area contributed by atoms with Crippen LogP contribution in [0.3, 0.4) is 0 Å². The first kappa shape index (κ1) is 12.6. The van der Waals surface area contributed by atoms with E-state index < -0.39 is 5.91 Å². The fourth-order valence-corrected chi connectivity index (χ4v) is 2.47. The number of thiazole rings is 1. The summed E-state index contributed by atoms with van der Waals surface area (Å²) in [6.07, 6.45) is 0. The molecule has 0 aliphatic rings. The van der Waals surface area contributed by atoms with E-state index >= 15 is 0 Å². The normalized spacial score (nSPS) is 10.4. The SMILES string of the molecule is COc1cc(C)c(C)cc1-c1nc(C(N)=O)cs1. The highest BCUT2D eigenvalue weighted by atomic mass is 32.1. The van der Waals surface area contributed by atoms with Gasteiger partial charge in [-0.2, -0.15) is 0 Å². The van der Waals surface area contributed by atoms with Gasteiger partial charge in [-0.15, -0.1) is 11.3 Å². The van der Waals surface area contributed by atoms with E-state index in [1.54, 1.807) is 12.5 Å². The molecule has 1 heterocycles. The molecule has 4 nitrogen and oxygen atoms in total. The first-order valence-electron chi connectivity index (χ1n) is 5.44. The second-order valence-electron chi connectivity index (χ2n) is 4.04. The first-order valence-corrected chi connectivity index (χ1v) is 6.32. The molecule has 0 fully saturated rings. The van der Waals surface area contributed by atoms with Crippen LogP contribution in [0.25, 0.3) is 10.6 Å². The van der Waals surface area contributed by atoms with Crippen molar-refractivity contribution in [2.24, 2.45) is 5.73 Å². The second kappa shape index (κ2) is 4.78. The van der Waals surface area contributed by atoms with Gasteiger partial charge in [-0.1, -0.05) is 0 Å². The minimum atomic E-state index is -0.514. The number of amides is 1. The summed E-state index contributed by atoms with van der Waals surface area (Å²) in [6.45, 7) is 4.05. The molecule has 0 radical (unpaired) electrons. The van der Waals surface area contributed by atoms with Crippen LogP contribution in [0, 0.1) is 13.8 Å². The summed E-state index contributed by atoms with van der Waals surface area (Å²) in [5.41, 5.74) is 8.69. The lowest BCUT2D eigenvalue weighted by atomic mass is 10.1. The monoisotopic (exact) mass is 262 g/mol. The molecule has 0 atom stereocenters. The molecule has 2 N–H and O–H groups in total. The predicted molar refractivity (Wildman–Crippen MR) is 72.1 cm³/mol. The molecule has 0 aliphatic heterocycles. The van der Waals surface area contributed by atoms with Crippen molar-refractivity contribution in [1.82, 2.24) is 4.98 Å². The quantitative estimate of drug-likeness (QED) is 0.924. The van der Waals surface area contributed by atoms with Crippen molar-refractivity contribution in [3.05, 3.63) is 34.3 Å². The van der Waals surface area contributed by atoms with Crippen LogP contribution in [0.4, 0.5) is 0 Å². The number of methoxy groups -OCH3 is 1. The fourth-order valence-electron chi connectivity index (χ4n) is 1.64. The maximum atomic E-state index is 11.1. The van der Waals surface area contributed by atoms with E-state index in [1.165, 1.54) is 11.3 Å². The van der Waals surface area contributed by atoms with E-state index in [-0.39, 0.29) is 5.69 Å². The van der Waals surface area contributed by atoms with E-state index in [9.17, 15) is 4.79 Å². The molecule has 1 aromatic heterocycles. The Morgan fingerprint density at radius 2 is 2.00 bits per heavy atom. The summed E-state index contributed by atoms with van der Waals surface area (Å²) in [7, 11) is 1.62. The number of aromatic nitrogens is 1. The summed E-state index contributed by atoms with van der Waals surface area (Å²) < 4.78 is 5.36. The molecular formula is C13H14N2O2S. The van der Waals surface area contributed by atoms with Crippen molar-refractivity contribution < 1.29 is 9.53 Å². The number of nitrogens with two attached hydrogens (primary N) is 1. The number of primary amides is 1. The van der Waals surface area contributed by atoms with E-state index in [2.05, 4.69) is 4.98 Å². The summed E-state index contributed by atoms with van der Waals surface area (Å²) in [6, 6.07) is 3.98. The van der Waals surface area contributed by atoms with Crippen LogP contribution in [0.2, 0.25) is 0 Å². The molecule has 0 spiro atoms. The predicted octanol–water partition coefficient (Wildman–Crippen LogP) is 2.53. The van der Waals surface area contributed by atoms with Crippen LogP contribution in [-0.4, -0.2) is 18.0 Å². The third-order valence-electron chi connectivity index (χ3n) is 2.80. The molecule has 1 aromatic carbocycles. The smallest absolute Gasteiger partial charge is 0.268 e. The number of aryl methyl sites for hydroxylation is 2. The van der Waals surface area contributed by atoms with Crippen LogP contribution >= 0.6 is 11.3 Å². The fraction of sp³-hybridized carbons (Fsp3) is 0.231. The number of benzene rings is 1. The van der Waals surface area contributed by atoms with Crippen LogP contribution in [-0.2, 0) is 0 Å². The van der Waals surface area contributed by atoms with Crippen molar-refractivity contribution in [3.8, 4) is 16.3 Å². The summed E-state index contributed by atoms with van der Waals surface area (Å²) in [5.74, 6) is 0.240. The molecule has 1 amide bonds. The lowest BCUT2D eigenvalue weighted by Gasteiger charge is -2.09. The zero-order valence-corrected chi connectivity index (χ0v) is 11.3. The number of rotatable bonds is 3. The standard InChI is InChI=1S/C13H14N2O2S/c1-7-4-9(11(17-3)5-8(7)2)13-15-10(6-18-13)12(14)16/h4-6H,1-3H3,(H2,14,16). The Balaban J connectivity index is 2.55. The lowest BCUT2D eigenvalue weighted by Crippen LogP contribution is -2.11. The highest BCUT2D eigenvalue weighted by Crippen LogP contribution is 2.34. The van der Waals surface area contributed by atoms with Gasteiger partial charge in [-0.25, -0.2) is 4.98 Å². The van der Waals surface area contributed by atoms with Gasteiger partial charge in [-0.3, -0.25) is 4.79 Å². The van der Waals surface area contributed by atoms with Crippen LogP contribution < -0.4 is 10.5 Å². The minimum Gasteiger partial charge on any atom is -0.496 e. The molecule has 18 heavy (non-hydrogen) atoms. The highest BCUT2D eigenvalue weighted by Gasteiger charge is 2.13. The first-order chi connectivity index (χ1) is 8.52. The Hall–Kier alpha value is -1.88. The molecule has 2 rings (SSSR count). The average Bonchev–Trinajstić information content (AvgIpc) is 2.81. The van der Waals surface area contributed by atoms with Crippen molar-refractivity contribution in [1.29, 1.82) is 0 Å². The lowest BCUT2D eigenvalue weighted by molar-refractivity contribution is 0.0996. The largest absolute Gasteiger partial charge is 0.496 e. The van der Waals surface area contributed by atoms with Crippen LogP contribution in [0.5, 0.6) is 5.75 Å². The molecule has 0 aliphatic carbocycles. The number of ether oxygens (including phenoxy) is 1. The van der Waals surface area contributed by atoms with Crippen LogP contribution in [0.1, 0.15) is 21.6 Å². The summed E-state index contributed by atoms with van der Waals surface area (Å²) in [4.78, 5) is 15.3. The minimum absolute atomic E-state index is 0.287. The molecule has 0 unspecified atom stereocenters. The van der Waals surface area contributed by atoms with E-state index in [0.29, 0.717) is 0 Å². The molecule has 5 heteroatoms. The number of hydrogen-bond acceptors (Lipinski definition) is 4. The Kier molecular flexibility index (Phi) is 3.34. The maximum absolute atomic E-state index is 11.1. The Morgan fingerprint density at radius 3 is 2.56 bits per heavy atom. The van der Waals surface area contributed by atoms with Crippen molar-refractivity contribution in [2.45, 2.75) is 13.8 Å². The number of nitrogens with zero attached hydrogens (tertiary/aromatic N) is 1. The number of hydrogen-bond donors (Lipinski definition) is 1. The zero-order chi connectivity index (χ0) is 13.3. The van der Waals surface area contributed by atoms with E-state index in [1.807, 2.05) is 26.0 Å². The van der Waals surface area contributed by atoms with Crippen LogP contribution in [0.15, 0.2) is 17.5 Å². The van der Waals surface area contributed by atoms with Gasteiger partial charge in [0.15, 0.2) is 0 Å². The maximum Gasteiger partial charge on any atom is 0.268 e. The molecular weight excluding hydrogens is 248 g/mol. The Labute approximate surface area is 109 Å². The van der Waals surface area contributed by atoms with E-state index in [0.717, 1.165) is 27.4 Å². The van der Waals surface area contributed by atoms with Crippen molar-refractivity contribution in [2.75, 3.05) is 7.11 Å². The molecule has 0 saturated carbocycles. The van der Waals surface area contributed by atoms with Gasteiger partial charge in [0.05, 0.1) is 12.7 Å². The second-order valence-corrected chi connectivity index (χ2v) is 4.90. The van der Waals surface area contributed by atoms with Gasteiger partial charge in [-0.05, 0) is 37.1 Å². The van der Waals surface area contributed by atoms with Crippen molar-refractivity contribution in [3.63, 3.8) is 0 Å². The van der Waals surface area contributed by atoms with Gasteiger partial charge in [0.1, 0.15) is 16.5 Å². The van der Waals surface area contributed by atoms with Gasteiger partial charge in [0.25, 0.3) is 5.91 Å². The number of carbonyl (C=O) groups is 1. The van der Waals surface area contributed by atoms with Gasteiger partial charge < -0.3 is 10.5 Å². The highest BCUT2D eigenvalue weighted by molar-refractivity contribution is 7.13. The van der Waals surface area contributed by atoms with E-state index in [4.69, 9.17) is 10.5 Å². The molecule has 94 valence electrons. The summed E-state index contributed by atoms with van der Waals surface area (Å²) >= 11 is 1.38. The van der Waals surface area contributed by atoms with Gasteiger partial charge in [0.2, 0.25) is 0 Å². The Morgan fingerprint density at radius 1 is 1.33 bits per heavy atom. The molecule has 0 saturated heterocycles. The molecule has 2 aromatic rings. The third-order valence-corrected chi connectivity index (χ3v) is 3.68. The number of carbonyl (C=O) groups excluding carboxylic acids is 1. The van der Waals surface area contributed by atoms with Crippen molar-refractivity contribution >= 4 is 17.2 Å². The van der Waals surface area contributed by atoms with Gasteiger partial charge in [0, 0.05) is 5.38 Å². The summed E-state index contributed by atoms with van der Waals surface area (Å²) in [5, 5.41) is 2.40.